The summed E-state index contributed by atoms with van der Waals surface area (Å²) in [4.78, 5) is 23.1. The third-order valence-corrected chi connectivity index (χ3v) is 6.34. The summed E-state index contributed by atoms with van der Waals surface area (Å²) in [5.74, 6) is -0.598. The van der Waals surface area contributed by atoms with E-state index in [1.165, 1.54) is 30.3 Å². The average Bonchev–Trinajstić information content (AvgIpc) is 2.72. The van der Waals surface area contributed by atoms with Crippen molar-refractivity contribution in [2.45, 2.75) is 4.90 Å². The summed E-state index contributed by atoms with van der Waals surface area (Å²) < 4.78 is 28.0. The Morgan fingerprint density at radius 2 is 1.70 bits per heavy atom. The number of amides is 1. The van der Waals surface area contributed by atoms with E-state index in [0.29, 0.717) is 5.69 Å². The summed E-state index contributed by atoms with van der Waals surface area (Å²) >= 11 is 3.30. The predicted molar refractivity (Wildman–Crippen MR) is 117 cm³/mol. The third-order valence-electron chi connectivity index (χ3n) is 4.06. The molecule has 10 heteroatoms. The number of nitro benzene ring substituents is 1. The fraction of sp³-hybridized carbons (Fsp3) is 0.0500. The molecule has 0 atom stereocenters. The summed E-state index contributed by atoms with van der Waals surface area (Å²) in [5, 5.41) is 13.8. The lowest BCUT2D eigenvalue weighted by atomic mass is 10.3. The van der Waals surface area contributed by atoms with Crippen molar-refractivity contribution in [3.63, 3.8) is 0 Å². The van der Waals surface area contributed by atoms with Crippen molar-refractivity contribution in [3.8, 4) is 0 Å². The minimum atomic E-state index is -4.15. The molecule has 30 heavy (non-hydrogen) atoms. The number of halogens is 1. The molecule has 3 rings (SSSR count). The number of hydrogen-bond donors (Lipinski definition) is 1. The van der Waals surface area contributed by atoms with Gasteiger partial charge in [-0.15, -0.1) is 0 Å². The molecule has 0 radical (unpaired) electrons. The van der Waals surface area contributed by atoms with Crippen molar-refractivity contribution < 1.29 is 18.1 Å². The number of carbonyl (C=O) groups is 1. The Morgan fingerprint density at radius 3 is 2.37 bits per heavy atom. The van der Waals surface area contributed by atoms with E-state index in [1.54, 1.807) is 42.5 Å². The fourth-order valence-electron chi connectivity index (χ4n) is 2.69. The van der Waals surface area contributed by atoms with Crippen LogP contribution in [0.5, 0.6) is 0 Å². The van der Waals surface area contributed by atoms with Gasteiger partial charge in [0, 0.05) is 22.3 Å². The second kappa shape index (κ2) is 9.06. The summed E-state index contributed by atoms with van der Waals surface area (Å²) in [6.45, 7) is -0.565. The number of hydrogen-bond acceptors (Lipinski definition) is 5. The van der Waals surface area contributed by atoms with Crippen molar-refractivity contribution in [1.82, 2.24) is 0 Å². The predicted octanol–water partition coefficient (Wildman–Crippen LogP) is 4.19. The first-order valence-electron chi connectivity index (χ1n) is 8.65. The number of benzene rings is 3. The van der Waals surface area contributed by atoms with Gasteiger partial charge in [-0.2, -0.15) is 0 Å². The normalized spacial score (nSPS) is 11.0. The number of sulfonamides is 1. The molecular weight excluding hydrogens is 474 g/mol. The van der Waals surface area contributed by atoms with E-state index >= 15 is 0 Å². The molecule has 0 saturated carbocycles. The molecular formula is C20H16BrN3O5S. The Labute approximate surface area is 181 Å². The van der Waals surface area contributed by atoms with Crippen LogP contribution in [-0.4, -0.2) is 25.8 Å². The molecule has 0 fully saturated rings. The van der Waals surface area contributed by atoms with Crippen molar-refractivity contribution in [2.24, 2.45) is 0 Å². The van der Waals surface area contributed by atoms with Gasteiger partial charge in [0.15, 0.2) is 0 Å². The van der Waals surface area contributed by atoms with Gasteiger partial charge in [0.2, 0.25) is 5.91 Å². The molecule has 0 unspecified atom stereocenters. The summed E-state index contributed by atoms with van der Waals surface area (Å²) in [6, 6.07) is 19.5. The third kappa shape index (κ3) is 5.02. The van der Waals surface area contributed by atoms with Gasteiger partial charge < -0.3 is 5.32 Å². The van der Waals surface area contributed by atoms with Crippen LogP contribution in [0.25, 0.3) is 0 Å². The van der Waals surface area contributed by atoms with Crippen LogP contribution in [0.3, 0.4) is 0 Å². The van der Waals surface area contributed by atoms with Gasteiger partial charge in [0.1, 0.15) is 6.54 Å². The highest BCUT2D eigenvalue weighted by atomic mass is 79.9. The maximum absolute atomic E-state index is 13.2. The number of nitrogens with zero attached hydrogens (tertiary/aromatic N) is 2. The Kier molecular flexibility index (Phi) is 6.48. The van der Waals surface area contributed by atoms with Gasteiger partial charge in [-0.25, -0.2) is 8.42 Å². The molecule has 1 N–H and O–H groups in total. The number of anilines is 2. The van der Waals surface area contributed by atoms with Crippen LogP contribution < -0.4 is 9.62 Å². The molecule has 0 heterocycles. The van der Waals surface area contributed by atoms with Gasteiger partial charge in [-0.05, 0) is 36.4 Å². The zero-order valence-corrected chi connectivity index (χ0v) is 17.8. The van der Waals surface area contributed by atoms with Gasteiger partial charge in [0.05, 0.1) is 15.5 Å². The first-order valence-corrected chi connectivity index (χ1v) is 10.9. The van der Waals surface area contributed by atoms with E-state index in [4.69, 9.17) is 0 Å². The Balaban J connectivity index is 1.98. The van der Waals surface area contributed by atoms with Crippen LogP contribution in [0.4, 0.5) is 17.1 Å². The molecule has 0 aromatic heterocycles. The Morgan fingerprint density at radius 1 is 1.00 bits per heavy atom. The molecule has 8 nitrogen and oxygen atoms in total. The molecule has 3 aromatic rings. The standard InChI is InChI=1S/C20H16BrN3O5S/c21-15-6-4-7-16(12-15)22-20(25)14-23(17-8-5-9-18(13-17)24(26)27)30(28,29)19-10-2-1-3-11-19/h1-13H,14H2,(H,22,25). The van der Waals surface area contributed by atoms with Crippen molar-refractivity contribution in [2.75, 3.05) is 16.2 Å². The van der Waals surface area contributed by atoms with Crippen molar-refractivity contribution in [3.05, 3.63) is 93.4 Å². The molecule has 0 aliphatic rings. The highest BCUT2D eigenvalue weighted by Gasteiger charge is 2.28. The maximum atomic E-state index is 13.2. The van der Waals surface area contributed by atoms with Gasteiger partial charge >= 0.3 is 0 Å². The van der Waals surface area contributed by atoms with Crippen molar-refractivity contribution in [1.29, 1.82) is 0 Å². The number of nitrogens with one attached hydrogen (secondary N) is 1. The summed E-state index contributed by atoms with van der Waals surface area (Å²) in [5.41, 5.74) is 0.205. The van der Waals surface area contributed by atoms with E-state index < -0.39 is 27.4 Å². The minimum Gasteiger partial charge on any atom is -0.324 e. The molecule has 0 saturated heterocycles. The maximum Gasteiger partial charge on any atom is 0.271 e. The molecule has 0 aliphatic heterocycles. The van der Waals surface area contributed by atoms with E-state index in [2.05, 4.69) is 21.2 Å². The molecule has 154 valence electrons. The van der Waals surface area contributed by atoms with E-state index in [-0.39, 0.29) is 16.3 Å². The van der Waals surface area contributed by atoms with E-state index in [9.17, 15) is 23.3 Å². The number of carbonyl (C=O) groups excluding carboxylic acids is 1. The monoisotopic (exact) mass is 489 g/mol. The van der Waals surface area contributed by atoms with Crippen LogP contribution in [0.1, 0.15) is 0 Å². The highest BCUT2D eigenvalue weighted by molar-refractivity contribution is 9.10. The van der Waals surface area contributed by atoms with Crippen LogP contribution >= 0.6 is 15.9 Å². The van der Waals surface area contributed by atoms with Gasteiger partial charge in [-0.1, -0.05) is 46.3 Å². The molecule has 0 spiro atoms. The molecule has 0 aliphatic carbocycles. The van der Waals surface area contributed by atoms with E-state index in [0.717, 1.165) is 14.8 Å². The summed E-state index contributed by atoms with van der Waals surface area (Å²) in [7, 11) is -4.15. The Bertz CT molecular complexity index is 1190. The average molecular weight is 490 g/mol. The fourth-order valence-corrected chi connectivity index (χ4v) is 4.53. The van der Waals surface area contributed by atoms with Crippen molar-refractivity contribution >= 4 is 48.9 Å². The first-order chi connectivity index (χ1) is 14.3. The molecule has 1 amide bonds. The van der Waals surface area contributed by atoms with E-state index in [1.807, 2.05) is 0 Å². The number of nitro groups is 1. The second-order valence-corrected chi connectivity index (χ2v) is 8.94. The minimum absolute atomic E-state index is 0.0115. The van der Waals surface area contributed by atoms with Gasteiger partial charge in [-0.3, -0.25) is 19.2 Å². The molecule has 3 aromatic carbocycles. The highest BCUT2D eigenvalue weighted by Crippen LogP contribution is 2.27. The largest absolute Gasteiger partial charge is 0.324 e. The van der Waals surface area contributed by atoms with Crippen LogP contribution in [-0.2, 0) is 14.8 Å². The lowest BCUT2D eigenvalue weighted by molar-refractivity contribution is -0.384. The first kappa shape index (κ1) is 21.5. The van der Waals surface area contributed by atoms with Crippen LogP contribution in [0, 0.1) is 10.1 Å². The number of rotatable bonds is 7. The second-order valence-electron chi connectivity index (χ2n) is 6.16. The lowest BCUT2D eigenvalue weighted by Crippen LogP contribution is -2.38. The zero-order chi connectivity index (χ0) is 21.7. The summed E-state index contributed by atoms with van der Waals surface area (Å²) in [6.07, 6.45) is 0. The lowest BCUT2D eigenvalue weighted by Gasteiger charge is -2.24. The van der Waals surface area contributed by atoms with Gasteiger partial charge in [0.25, 0.3) is 15.7 Å². The van der Waals surface area contributed by atoms with Crippen LogP contribution in [0.2, 0.25) is 0 Å². The quantitative estimate of drug-likeness (QED) is 0.395. The van der Waals surface area contributed by atoms with Crippen LogP contribution in [0.15, 0.2) is 88.2 Å². The number of non-ortho nitro benzene ring substituents is 1. The Hall–Kier alpha value is -3.24. The smallest absolute Gasteiger partial charge is 0.271 e. The topological polar surface area (TPSA) is 110 Å². The SMILES string of the molecule is O=C(CN(c1cccc([N+](=O)[O-])c1)S(=O)(=O)c1ccccc1)Nc1cccc(Br)c1. The molecule has 0 bridgehead atoms. The zero-order valence-electron chi connectivity index (χ0n) is 15.4.